The van der Waals surface area contributed by atoms with Crippen LogP contribution in [0.5, 0.6) is 0 Å². The summed E-state index contributed by atoms with van der Waals surface area (Å²) in [4.78, 5) is 0. The average Bonchev–Trinajstić information content (AvgIpc) is 3.20. The molecule has 0 atom stereocenters. The summed E-state index contributed by atoms with van der Waals surface area (Å²) in [5.41, 5.74) is 1.97. The Morgan fingerprint density at radius 3 is 2.39 bits per heavy atom. The second-order valence-electron chi connectivity index (χ2n) is 5.43. The van der Waals surface area contributed by atoms with E-state index < -0.39 is 0 Å². The molecule has 0 spiro atoms. The van der Waals surface area contributed by atoms with E-state index >= 15 is 0 Å². The molecular weight excluding hydrogens is 220 g/mol. The van der Waals surface area contributed by atoms with Crippen LogP contribution in [0.25, 0.3) is 0 Å². The minimum atomic E-state index is 0.456. The number of nitrogens with one attached hydrogen (secondary N) is 2. The topological polar surface area (TPSA) is 24.1 Å². The van der Waals surface area contributed by atoms with Gasteiger partial charge in [-0.2, -0.15) is 0 Å². The van der Waals surface area contributed by atoms with Crippen molar-refractivity contribution in [3.05, 3.63) is 35.9 Å². The molecule has 0 aliphatic heterocycles. The molecule has 2 heteroatoms. The molecular formula is C16H26N2. The third kappa shape index (κ3) is 3.82. The van der Waals surface area contributed by atoms with Crippen molar-refractivity contribution in [3.63, 3.8) is 0 Å². The van der Waals surface area contributed by atoms with Crippen LogP contribution in [-0.2, 0) is 5.41 Å². The zero-order chi connectivity index (χ0) is 12.7. The number of hydrogen-bond donors (Lipinski definition) is 2. The van der Waals surface area contributed by atoms with Crippen LogP contribution in [0.4, 0.5) is 0 Å². The van der Waals surface area contributed by atoms with Crippen molar-refractivity contribution in [2.45, 2.75) is 38.0 Å². The van der Waals surface area contributed by atoms with Crippen molar-refractivity contribution in [1.29, 1.82) is 0 Å². The van der Waals surface area contributed by atoms with E-state index in [1.165, 1.54) is 31.2 Å². The van der Waals surface area contributed by atoms with Gasteiger partial charge in [-0.3, -0.25) is 0 Å². The van der Waals surface area contributed by atoms with Gasteiger partial charge in [-0.25, -0.2) is 0 Å². The molecule has 100 valence electrons. The van der Waals surface area contributed by atoms with Crippen molar-refractivity contribution in [3.8, 4) is 0 Å². The molecule has 0 amide bonds. The Balaban J connectivity index is 1.62. The highest BCUT2D eigenvalue weighted by atomic mass is 14.9. The second-order valence-corrected chi connectivity index (χ2v) is 5.43. The highest BCUT2D eigenvalue weighted by molar-refractivity contribution is 5.31. The normalized spacial score (nSPS) is 16.7. The minimum Gasteiger partial charge on any atom is -0.317 e. The van der Waals surface area contributed by atoms with Gasteiger partial charge in [0.05, 0.1) is 0 Å². The fourth-order valence-corrected chi connectivity index (χ4v) is 2.48. The quantitative estimate of drug-likeness (QED) is 0.655. The van der Waals surface area contributed by atoms with Gasteiger partial charge in [0, 0.05) is 12.0 Å². The Morgan fingerprint density at radius 2 is 1.72 bits per heavy atom. The lowest BCUT2D eigenvalue weighted by atomic mass is 9.96. The average molecular weight is 246 g/mol. The lowest BCUT2D eigenvalue weighted by Crippen LogP contribution is -2.29. The molecule has 1 fully saturated rings. The lowest BCUT2D eigenvalue weighted by molar-refractivity contribution is 0.544. The van der Waals surface area contributed by atoms with E-state index in [4.69, 9.17) is 0 Å². The van der Waals surface area contributed by atoms with Crippen LogP contribution in [0.3, 0.4) is 0 Å². The first-order valence-electron chi connectivity index (χ1n) is 7.34. The van der Waals surface area contributed by atoms with Crippen molar-refractivity contribution in [1.82, 2.24) is 10.6 Å². The SMILES string of the molecule is CCCNCCCNCC1(c2ccccc2)CC1. The summed E-state index contributed by atoms with van der Waals surface area (Å²) in [6.07, 6.45) is 5.14. The zero-order valence-corrected chi connectivity index (χ0v) is 11.5. The second kappa shape index (κ2) is 6.91. The van der Waals surface area contributed by atoms with Gasteiger partial charge in [0.25, 0.3) is 0 Å². The molecule has 0 aromatic heterocycles. The smallest absolute Gasteiger partial charge is 0.00784 e. The van der Waals surface area contributed by atoms with E-state index in [1.54, 1.807) is 0 Å². The Hall–Kier alpha value is -0.860. The summed E-state index contributed by atoms with van der Waals surface area (Å²) >= 11 is 0. The molecule has 2 N–H and O–H groups in total. The van der Waals surface area contributed by atoms with E-state index in [2.05, 4.69) is 47.9 Å². The summed E-state index contributed by atoms with van der Waals surface area (Å²) in [7, 11) is 0. The first-order chi connectivity index (χ1) is 8.87. The summed E-state index contributed by atoms with van der Waals surface area (Å²) in [5, 5.41) is 7.06. The van der Waals surface area contributed by atoms with Crippen molar-refractivity contribution >= 4 is 0 Å². The molecule has 1 saturated carbocycles. The molecule has 0 unspecified atom stereocenters. The monoisotopic (exact) mass is 246 g/mol. The molecule has 2 rings (SSSR count). The van der Waals surface area contributed by atoms with Gasteiger partial charge in [0.1, 0.15) is 0 Å². The Bertz CT molecular complexity index is 330. The molecule has 1 aromatic rings. The standard InChI is InChI=1S/C16H26N2/c1-2-11-17-12-6-13-18-14-16(9-10-16)15-7-4-3-5-8-15/h3-5,7-8,17-18H,2,6,9-14H2,1H3. The largest absolute Gasteiger partial charge is 0.317 e. The first kappa shape index (κ1) is 13.6. The van der Waals surface area contributed by atoms with E-state index in [0.29, 0.717) is 5.41 Å². The molecule has 0 radical (unpaired) electrons. The van der Waals surface area contributed by atoms with Gasteiger partial charge in [-0.15, -0.1) is 0 Å². The van der Waals surface area contributed by atoms with Gasteiger partial charge in [0.2, 0.25) is 0 Å². The Labute approximate surface area is 111 Å². The van der Waals surface area contributed by atoms with Crippen LogP contribution in [0.2, 0.25) is 0 Å². The minimum absolute atomic E-state index is 0.456. The van der Waals surface area contributed by atoms with E-state index in [9.17, 15) is 0 Å². The fraction of sp³-hybridized carbons (Fsp3) is 0.625. The zero-order valence-electron chi connectivity index (χ0n) is 11.5. The van der Waals surface area contributed by atoms with Crippen molar-refractivity contribution in [2.75, 3.05) is 26.2 Å². The molecule has 0 heterocycles. The summed E-state index contributed by atoms with van der Waals surface area (Å²) < 4.78 is 0. The summed E-state index contributed by atoms with van der Waals surface area (Å²) in [5.74, 6) is 0. The predicted octanol–water partition coefficient (Wildman–Crippen LogP) is 2.70. The molecule has 2 nitrogen and oxygen atoms in total. The summed E-state index contributed by atoms with van der Waals surface area (Å²) in [6, 6.07) is 11.0. The number of rotatable bonds is 9. The maximum atomic E-state index is 3.62. The van der Waals surface area contributed by atoms with Crippen molar-refractivity contribution < 1.29 is 0 Å². The first-order valence-corrected chi connectivity index (χ1v) is 7.34. The number of hydrogen-bond acceptors (Lipinski definition) is 2. The van der Waals surface area contributed by atoms with E-state index in [-0.39, 0.29) is 0 Å². The van der Waals surface area contributed by atoms with Crippen LogP contribution in [0.1, 0.15) is 38.2 Å². The molecule has 1 aliphatic rings. The van der Waals surface area contributed by atoms with Gasteiger partial charge in [-0.1, -0.05) is 37.3 Å². The van der Waals surface area contributed by atoms with Gasteiger partial charge in [-0.05, 0) is 50.9 Å². The molecule has 18 heavy (non-hydrogen) atoms. The van der Waals surface area contributed by atoms with Crippen LogP contribution >= 0.6 is 0 Å². The van der Waals surface area contributed by atoms with Gasteiger partial charge in [0.15, 0.2) is 0 Å². The molecule has 1 aromatic carbocycles. The van der Waals surface area contributed by atoms with Crippen molar-refractivity contribution in [2.24, 2.45) is 0 Å². The number of benzene rings is 1. The van der Waals surface area contributed by atoms with Gasteiger partial charge < -0.3 is 10.6 Å². The molecule has 0 bridgehead atoms. The lowest BCUT2D eigenvalue weighted by Gasteiger charge is -2.16. The molecule has 0 saturated heterocycles. The fourth-order valence-electron chi connectivity index (χ4n) is 2.48. The highest BCUT2D eigenvalue weighted by Gasteiger charge is 2.43. The Kier molecular flexibility index (Phi) is 5.21. The third-order valence-electron chi connectivity index (χ3n) is 3.84. The van der Waals surface area contributed by atoms with E-state index in [0.717, 1.165) is 26.2 Å². The summed E-state index contributed by atoms with van der Waals surface area (Å²) in [6.45, 7) is 6.77. The maximum absolute atomic E-state index is 3.62. The maximum Gasteiger partial charge on any atom is 0.00784 e. The van der Waals surface area contributed by atoms with Crippen LogP contribution in [-0.4, -0.2) is 26.2 Å². The molecule has 1 aliphatic carbocycles. The van der Waals surface area contributed by atoms with Crippen LogP contribution in [0.15, 0.2) is 30.3 Å². The highest BCUT2D eigenvalue weighted by Crippen LogP contribution is 2.47. The Morgan fingerprint density at radius 1 is 1.00 bits per heavy atom. The van der Waals surface area contributed by atoms with Crippen LogP contribution in [0, 0.1) is 0 Å². The van der Waals surface area contributed by atoms with Gasteiger partial charge >= 0.3 is 0 Å². The van der Waals surface area contributed by atoms with Crippen LogP contribution < -0.4 is 10.6 Å². The third-order valence-corrected chi connectivity index (χ3v) is 3.84. The van der Waals surface area contributed by atoms with E-state index in [1.807, 2.05) is 0 Å². The predicted molar refractivity (Wildman–Crippen MR) is 78.0 cm³/mol.